The molecule has 0 fully saturated rings. The van der Waals surface area contributed by atoms with E-state index in [2.05, 4.69) is 0 Å². The Morgan fingerprint density at radius 3 is 2.07 bits per heavy atom. The van der Waals surface area contributed by atoms with Crippen LogP contribution in [0.5, 0.6) is 5.75 Å². The fourth-order valence-corrected chi connectivity index (χ4v) is 7.02. The van der Waals surface area contributed by atoms with E-state index in [9.17, 15) is 48.6 Å². The zero-order valence-corrected chi connectivity index (χ0v) is 25.9. The average molecular weight is 670 g/mol. The molecule has 1 N–H and O–H groups in total. The lowest BCUT2D eigenvalue weighted by Crippen LogP contribution is -2.54. The second-order valence-corrected chi connectivity index (χ2v) is 14.0. The van der Waals surface area contributed by atoms with Gasteiger partial charge in [-0.25, -0.2) is 17.2 Å². The highest BCUT2D eigenvalue weighted by molar-refractivity contribution is 7.91. The first kappa shape index (κ1) is 36.8. The Kier molecular flexibility index (Phi) is 12.5. The van der Waals surface area contributed by atoms with Crippen LogP contribution in [0.3, 0.4) is 0 Å². The number of halogens is 8. The highest BCUT2D eigenvalue weighted by Crippen LogP contribution is 2.48. The Labute approximate surface area is 259 Å². The smallest absolute Gasteiger partial charge is 0.431 e. The molecular formula is C32H39F8NO3S. The van der Waals surface area contributed by atoms with Gasteiger partial charge in [0.25, 0.3) is 5.67 Å². The molecule has 0 aromatic heterocycles. The summed E-state index contributed by atoms with van der Waals surface area (Å²) in [6.07, 6.45) is -7.98. The summed E-state index contributed by atoms with van der Waals surface area (Å²) in [4.78, 5) is 1.84. The number of allylic oxidation sites excluding steroid dienone is 2. The van der Waals surface area contributed by atoms with Crippen molar-refractivity contribution in [3.63, 3.8) is 0 Å². The van der Waals surface area contributed by atoms with E-state index >= 15 is 0 Å². The quantitative estimate of drug-likeness (QED) is 0.152. The van der Waals surface area contributed by atoms with Gasteiger partial charge in [0.05, 0.1) is 11.5 Å². The van der Waals surface area contributed by atoms with E-state index in [0.717, 1.165) is 68.1 Å². The van der Waals surface area contributed by atoms with Crippen molar-refractivity contribution in [3.05, 3.63) is 65.0 Å². The van der Waals surface area contributed by atoms with Crippen LogP contribution in [-0.2, 0) is 16.3 Å². The molecule has 0 aliphatic heterocycles. The minimum Gasteiger partial charge on any atom is -0.508 e. The standard InChI is InChI=1S/C32H39F8NO3S/c1-41(19-7-20-45(43,44)21-17-30(34,31(35,36)37)32(38,39)40)18-5-3-2-4-9-29-27(23-11-13-25(33)14-12-23)10-6-8-24-22-26(42)15-16-28(24)29/h11-16,22,42H,2-10,17-21H2,1H3. The maximum Gasteiger partial charge on any atom is 0.431 e. The Morgan fingerprint density at radius 2 is 1.42 bits per heavy atom. The molecule has 0 unspecified atom stereocenters. The maximum absolute atomic E-state index is 13.8. The summed E-state index contributed by atoms with van der Waals surface area (Å²) in [6.45, 7) is 0.873. The third kappa shape index (κ3) is 10.2. The Morgan fingerprint density at radius 1 is 0.800 bits per heavy atom. The van der Waals surface area contributed by atoms with Gasteiger partial charge in [0.15, 0.2) is 0 Å². The molecule has 4 nitrogen and oxygen atoms in total. The highest BCUT2D eigenvalue weighted by Gasteiger charge is 2.72. The molecule has 0 amide bonds. The van der Waals surface area contributed by atoms with Gasteiger partial charge in [-0.05, 0) is 117 Å². The largest absolute Gasteiger partial charge is 0.508 e. The summed E-state index contributed by atoms with van der Waals surface area (Å²) < 4.78 is 128. The molecule has 3 rings (SSSR count). The number of rotatable bonds is 15. The van der Waals surface area contributed by atoms with Gasteiger partial charge >= 0.3 is 12.4 Å². The molecule has 13 heteroatoms. The van der Waals surface area contributed by atoms with E-state index in [4.69, 9.17) is 0 Å². The van der Waals surface area contributed by atoms with Gasteiger partial charge in [-0.15, -0.1) is 0 Å². The van der Waals surface area contributed by atoms with E-state index in [1.165, 1.54) is 23.3 Å². The summed E-state index contributed by atoms with van der Waals surface area (Å²) in [5.41, 5.74) is -0.0820. The van der Waals surface area contributed by atoms with Crippen molar-refractivity contribution in [2.45, 2.75) is 82.2 Å². The molecule has 252 valence electrons. The van der Waals surface area contributed by atoms with Crippen LogP contribution < -0.4 is 0 Å². The summed E-state index contributed by atoms with van der Waals surface area (Å²) >= 11 is 0. The van der Waals surface area contributed by atoms with E-state index in [1.54, 1.807) is 31.3 Å². The van der Waals surface area contributed by atoms with E-state index in [0.29, 0.717) is 6.54 Å². The summed E-state index contributed by atoms with van der Waals surface area (Å²) in [5.74, 6) is -2.30. The second kappa shape index (κ2) is 15.3. The minimum absolute atomic E-state index is 0.00850. The lowest BCUT2D eigenvalue weighted by molar-refractivity contribution is -0.341. The van der Waals surface area contributed by atoms with Crippen LogP contribution in [0.25, 0.3) is 11.1 Å². The van der Waals surface area contributed by atoms with E-state index in [1.807, 2.05) is 11.0 Å². The van der Waals surface area contributed by atoms with Crippen LogP contribution in [0.15, 0.2) is 42.5 Å². The number of hydrogen-bond acceptors (Lipinski definition) is 4. The van der Waals surface area contributed by atoms with Crippen LogP contribution in [0.1, 0.15) is 74.5 Å². The normalized spacial score (nSPS) is 15.0. The zero-order valence-electron chi connectivity index (χ0n) is 25.1. The first-order valence-corrected chi connectivity index (χ1v) is 16.8. The number of nitrogens with zero attached hydrogens (tertiary/aromatic N) is 1. The first-order chi connectivity index (χ1) is 20.9. The van der Waals surface area contributed by atoms with Crippen LogP contribution in [0, 0.1) is 5.82 Å². The highest BCUT2D eigenvalue weighted by atomic mass is 32.2. The molecule has 0 spiro atoms. The fraction of sp³-hybridized carbons (Fsp3) is 0.562. The van der Waals surface area contributed by atoms with Crippen molar-refractivity contribution in [2.24, 2.45) is 0 Å². The van der Waals surface area contributed by atoms with Crippen molar-refractivity contribution < 1.29 is 48.6 Å². The van der Waals surface area contributed by atoms with E-state index < -0.39 is 45.8 Å². The van der Waals surface area contributed by atoms with Gasteiger partial charge in [-0.1, -0.05) is 31.0 Å². The molecule has 0 saturated heterocycles. The summed E-state index contributed by atoms with van der Waals surface area (Å²) in [7, 11) is -2.59. The van der Waals surface area contributed by atoms with Crippen molar-refractivity contribution in [1.29, 1.82) is 0 Å². The van der Waals surface area contributed by atoms with Crippen LogP contribution in [-0.4, -0.2) is 68.1 Å². The molecule has 0 bridgehead atoms. The number of aryl methyl sites for hydroxylation is 1. The average Bonchev–Trinajstić information content (AvgIpc) is 3.11. The van der Waals surface area contributed by atoms with Crippen molar-refractivity contribution in [1.82, 2.24) is 4.90 Å². The SMILES string of the molecule is CN(CCCCCCC1=C(c2ccc(F)cc2)CCCc2cc(O)ccc21)CCCS(=O)(=O)CCC(F)(C(F)(F)F)C(F)(F)F. The molecule has 1 aliphatic rings. The molecule has 0 heterocycles. The number of phenols is 1. The van der Waals surface area contributed by atoms with Crippen molar-refractivity contribution in [3.8, 4) is 5.75 Å². The predicted octanol–water partition coefficient (Wildman–Crippen LogP) is 8.69. The number of fused-ring (bicyclic) bond motifs is 1. The third-order valence-electron chi connectivity index (χ3n) is 8.21. The minimum atomic E-state index is -6.27. The topological polar surface area (TPSA) is 57.6 Å². The Hall–Kier alpha value is -2.67. The van der Waals surface area contributed by atoms with Gasteiger partial charge in [-0.2, -0.15) is 26.3 Å². The Bertz CT molecular complexity index is 1390. The number of phenolic OH excluding ortho intramolecular Hbond substituents is 1. The first-order valence-electron chi connectivity index (χ1n) is 14.9. The van der Waals surface area contributed by atoms with Crippen LogP contribution in [0.2, 0.25) is 0 Å². The van der Waals surface area contributed by atoms with Gasteiger partial charge < -0.3 is 10.0 Å². The van der Waals surface area contributed by atoms with Gasteiger partial charge in [0.1, 0.15) is 21.4 Å². The molecule has 45 heavy (non-hydrogen) atoms. The molecule has 2 aromatic carbocycles. The number of alkyl halides is 7. The fourth-order valence-electron chi connectivity index (χ4n) is 5.65. The monoisotopic (exact) mass is 669 g/mol. The molecule has 1 aliphatic carbocycles. The van der Waals surface area contributed by atoms with Crippen LogP contribution in [0.4, 0.5) is 35.1 Å². The lowest BCUT2D eigenvalue weighted by atomic mass is 9.89. The zero-order chi connectivity index (χ0) is 33.5. The number of aromatic hydroxyl groups is 1. The summed E-state index contributed by atoms with van der Waals surface area (Å²) in [5, 5.41) is 10.0. The Balaban J connectivity index is 1.46. The van der Waals surface area contributed by atoms with Gasteiger partial charge in [0.2, 0.25) is 0 Å². The molecular weight excluding hydrogens is 630 g/mol. The molecule has 2 aromatic rings. The lowest BCUT2D eigenvalue weighted by Gasteiger charge is -2.29. The number of hydrogen-bond donors (Lipinski definition) is 1. The molecule has 0 atom stereocenters. The van der Waals surface area contributed by atoms with Crippen molar-refractivity contribution >= 4 is 21.0 Å². The molecule has 0 saturated carbocycles. The predicted molar refractivity (Wildman–Crippen MR) is 159 cm³/mol. The summed E-state index contributed by atoms with van der Waals surface area (Å²) in [6, 6.07) is 11.9. The second-order valence-electron chi connectivity index (χ2n) is 11.7. The van der Waals surface area contributed by atoms with E-state index in [-0.39, 0.29) is 24.5 Å². The molecule has 0 radical (unpaired) electrons. The van der Waals surface area contributed by atoms with Gasteiger partial charge in [-0.3, -0.25) is 0 Å². The van der Waals surface area contributed by atoms with Crippen molar-refractivity contribution in [2.75, 3.05) is 31.6 Å². The number of benzene rings is 2. The number of unbranched alkanes of at least 4 members (excludes halogenated alkanes) is 3. The number of sulfone groups is 1. The maximum atomic E-state index is 13.8. The van der Waals surface area contributed by atoms with Crippen LogP contribution >= 0.6 is 0 Å². The van der Waals surface area contributed by atoms with Gasteiger partial charge in [0, 0.05) is 6.42 Å². The third-order valence-corrected chi connectivity index (χ3v) is 9.95.